The first-order valence-corrected chi connectivity index (χ1v) is 7.64. The Morgan fingerprint density at radius 1 is 1.50 bits per heavy atom. The zero-order valence-electron chi connectivity index (χ0n) is 11.5. The monoisotopic (exact) mass is 297 g/mol. The van der Waals surface area contributed by atoms with Crippen LogP contribution in [0.3, 0.4) is 0 Å². The number of rotatable bonds is 3. The van der Waals surface area contributed by atoms with Crippen LogP contribution in [0, 0.1) is 5.92 Å². The van der Waals surface area contributed by atoms with Crippen molar-refractivity contribution in [3.63, 3.8) is 0 Å². The third-order valence-electron chi connectivity index (χ3n) is 3.47. The molecule has 0 bridgehead atoms. The quantitative estimate of drug-likeness (QED) is 0.895. The van der Waals surface area contributed by atoms with Gasteiger partial charge in [0.25, 0.3) is 0 Å². The van der Waals surface area contributed by atoms with Crippen LogP contribution in [0.2, 0.25) is 0 Å². The van der Waals surface area contributed by atoms with E-state index >= 15 is 0 Å². The molecule has 0 aliphatic carbocycles. The third kappa shape index (κ3) is 3.93. The van der Waals surface area contributed by atoms with E-state index in [1.54, 1.807) is 0 Å². The minimum atomic E-state index is -1.04. The van der Waals surface area contributed by atoms with Crippen LogP contribution in [0.15, 0.2) is 5.38 Å². The fourth-order valence-electron chi connectivity index (χ4n) is 2.22. The summed E-state index contributed by atoms with van der Waals surface area (Å²) >= 11 is 1.25. The van der Waals surface area contributed by atoms with Crippen LogP contribution in [-0.2, 0) is 6.54 Å². The summed E-state index contributed by atoms with van der Waals surface area (Å²) in [5.74, 6) is -0.370. The molecular formula is C13H19N3O3S. The number of aromatic nitrogens is 1. The Kier molecular flexibility index (Phi) is 4.94. The first-order chi connectivity index (χ1) is 9.56. The van der Waals surface area contributed by atoms with Crippen molar-refractivity contribution in [1.29, 1.82) is 0 Å². The van der Waals surface area contributed by atoms with Crippen LogP contribution in [0.4, 0.5) is 4.79 Å². The lowest BCUT2D eigenvalue weighted by Gasteiger charge is -2.20. The molecule has 1 aliphatic rings. The number of amides is 2. The zero-order valence-corrected chi connectivity index (χ0v) is 12.3. The van der Waals surface area contributed by atoms with Gasteiger partial charge >= 0.3 is 12.0 Å². The van der Waals surface area contributed by atoms with E-state index in [4.69, 9.17) is 5.11 Å². The summed E-state index contributed by atoms with van der Waals surface area (Å²) in [6.45, 7) is 4.06. The molecule has 2 N–H and O–H groups in total. The molecule has 1 fully saturated rings. The molecule has 1 unspecified atom stereocenters. The van der Waals surface area contributed by atoms with Crippen molar-refractivity contribution in [3.05, 3.63) is 16.1 Å². The number of nitrogens with zero attached hydrogens (tertiary/aromatic N) is 2. The van der Waals surface area contributed by atoms with E-state index in [1.807, 2.05) is 4.90 Å². The van der Waals surface area contributed by atoms with Gasteiger partial charge in [-0.25, -0.2) is 14.6 Å². The number of carbonyl (C=O) groups excluding carboxylic acids is 1. The molecule has 2 amide bonds. The van der Waals surface area contributed by atoms with Crippen molar-refractivity contribution in [1.82, 2.24) is 15.2 Å². The van der Waals surface area contributed by atoms with Crippen LogP contribution in [0.1, 0.15) is 41.7 Å². The number of carbonyl (C=O) groups is 2. The van der Waals surface area contributed by atoms with E-state index in [0.29, 0.717) is 10.9 Å². The molecule has 7 heteroatoms. The summed E-state index contributed by atoms with van der Waals surface area (Å²) in [5.41, 5.74) is 0.0304. The maximum Gasteiger partial charge on any atom is 0.355 e. The van der Waals surface area contributed by atoms with E-state index in [9.17, 15) is 9.59 Å². The van der Waals surface area contributed by atoms with Gasteiger partial charge in [0.1, 0.15) is 5.01 Å². The van der Waals surface area contributed by atoms with Gasteiger partial charge in [-0.1, -0.05) is 6.92 Å². The second-order valence-electron chi connectivity index (χ2n) is 5.11. The van der Waals surface area contributed by atoms with E-state index < -0.39 is 5.97 Å². The topological polar surface area (TPSA) is 82.5 Å². The number of likely N-dealkylation sites (tertiary alicyclic amines) is 1. The van der Waals surface area contributed by atoms with Crippen molar-refractivity contribution >= 4 is 23.3 Å². The Balaban J connectivity index is 1.83. The van der Waals surface area contributed by atoms with Crippen LogP contribution in [-0.4, -0.2) is 40.1 Å². The molecule has 110 valence electrons. The molecule has 1 atom stereocenters. The van der Waals surface area contributed by atoms with Gasteiger partial charge in [0.15, 0.2) is 5.69 Å². The summed E-state index contributed by atoms with van der Waals surface area (Å²) in [6.07, 6.45) is 3.24. The highest BCUT2D eigenvalue weighted by Gasteiger charge is 2.18. The SMILES string of the molecule is CC1CCCN(C(=O)NCc2nc(C(=O)O)cs2)CC1. The highest BCUT2D eigenvalue weighted by atomic mass is 32.1. The molecule has 1 saturated heterocycles. The molecule has 2 heterocycles. The fraction of sp³-hybridized carbons (Fsp3) is 0.615. The second-order valence-corrected chi connectivity index (χ2v) is 6.06. The standard InChI is InChI=1S/C13H19N3O3S/c1-9-3-2-5-16(6-4-9)13(19)14-7-11-15-10(8-20-11)12(17)18/h8-9H,2-7H2,1H3,(H,14,19)(H,17,18). The smallest absolute Gasteiger partial charge is 0.355 e. The molecule has 1 aliphatic heterocycles. The van der Waals surface area contributed by atoms with Crippen LogP contribution in [0.5, 0.6) is 0 Å². The molecule has 0 radical (unpaired) electrons. The molecule has 0 aromatic carbocycles. The molecule has 2 rings (SSSR count). The van der Waals surface area contributed by atoms with Crippen molar-refractivity contribution < 1.29 is 14.7 Å². The summed E-state index contributed by atoms with van der Waals surface area (Å²) in [7, 11) is 0. The highest BCUT2D eigenvalue weighted by molar-refractivity contribution is 7.09. The van der Waals surface area contributed by atoms with Gasteiger partial charge < -0.3 is 15.3 Å². The molecule has 0 saturated carbocycles. The fourth-order valence-corrected chi connectivity index (χ4v) is 2.93. The van der Waals surface area contributed by atoms with E-state index in [2.05, 4.69) is 17.2 Å². The first-order valence-electron chi connectivity index (χ1n) is 6.76. The summed E-state index contributed by atoms with van der Waals surface area (Å²) < 4.78 is 0. The van der Waals surface area contributed by atoms with E-state index in [1.165, 1.54) is 16.7 Å². The molecule has 1 aromatic rings. The zero-order chi connectivity index (χ0) is 14.5. The van der Waals surface area contributed by atoms with Gasteiger partial charge in [-0.05, 0) is 25.2 Å². The summed E-state index contributed by atoms with van der Waals surface area (Å²) in [6, 6.07) is -0.0915. The van der Waals surface area contributed by atoms with Crippen molar-refractivity contribution in [3.8, 4) is 0 Å². The van der Waals surface area contributed by atoms with Crippen LogP contribution in [0.25, 0.3) is 0 Å². The second kappa shape index (κ2) is 6.69. The Bertz CT molecular complexity index is 489. The van der Waals surface area contributed by atoms with Crippen molar-refractivity contribution in [2.45, 2.75) is 32.7 Å². The number of hydrogen-bond donors (Lipinski definition) is 2. The minimum absolute atomic E-state index is 0.0304. The van der Waals surface area contributed by atoms with Gasteiger partial charge in [0.05, 0.1) is 6.54 Å². The Hall–Kier alpha value is -1.63. The lowest BCUT2D eigenvalue weighted by Crippen LogP contribution is -2.40. The maximum atomic E-state index is 12.0. The molecular weight excluding hydrogens is 278 g/mol. The van der Waals surface area contributed by atoms with Crippen LogP contribution < -0.4 is 5.32 Å². The van der Waals surface area contributed by atoms with Crippen molar-refractivity contribution in [2.75, 3.05) is 13.1 Å². The van der Waals surface area contributed by atoms with Gasteiger partial charge in [-0.3, -0.25) is 0 Å². The van der Waals surface area contributed by atoms with Gasteiger partial charge in [0.2, 0.25) is 0 Å². The van der Waals surface area contributed by atoms with Gasteiger partial charge in [0, 0.05) is 18.5 Å². The average molecular weight is 297 g/mol. The van der Waals surface area contributed by atoms with E-state index in [0.717, 1.165) is 32.4 Å². The predicted molar refractivity (Wildman–Crippen MR) is 75.9 cm³/mol. The third-order valence-corrected chi connectivity index (χ3v) is 4.31. The normalized spacial score (nSPS) is 19.4. The lowest BCUT2D eigenvalue weighted by atomic mass is 10.0. The molecule has 20 heavy (non-hydrogen) atoms. The Labute approximate surface area is 121 Å². The van der Waals surface area contributed by atoms with Crippen LogP contribution >= 0.6 is 11.3 Å². The van der Waals surface area contributed by atoms with Gasteiger partial charge in [-0.2, -0.15) is 0 Å². The van der Waals surface area contributed by atoms with Crippen molar-refractivity contribution in [2.24, 2.45) is 5.92 Å². The number of carboxylic acids is 1. The van der Waals surface area contributed by atoms with Gasteiger partial charge in [-0.15, -0.1) is 11.3 Å². The first kappa shape index (κ1) is 14.8. The number of nitrogens with one attached hydrogen (secondary N) is 1. The maximum absolute atomic E-state index is 12.0. The number of hydrogen-bond acceptors (Lipinski definition) is 4. The lowest BCUT2D eigenvalue weighted by molar-refractivity contribution is 0.0691. The molecule has 1 aromatic heterocycles. The molecule has 0 spiro atoms. The number of aromatic carboxylic acids is 1. The minimum Gasteiger partial charge on any atom is -0.476 e. The Morgan fingerprint density at radius 3 is 3.00 bits per heavy atom. The largest absolute Gasteiger partial charge is 0.476 e. The summed E-state index contributed by atoms with van der Waals surface area (Å²) in [4.78, 5) is 28.5. The summed E-state index contributed by atoms with van der Waals surface area (Å²) in [5, 5.41) is 13.7. The number of thiazole rings is 1. The predicted octanol–water partition coefficient (Wildman–Crippen LogP) is 2.17. The average Bonchev–Trinajstić information content (AvgIpc) is 2.79. The number of carboxylic acid groups (broad SMARTS) is 1. The highest BCUT2D eigenvalue weighted by Crippen LogP contribution is 2.16. The molecule has 6 nitrogen and oxygen atoms in total. The Morgan fingerprint density at radius 2 is 2.30 bits per heavy atom. The van der Waals surface area contributed by atoms with E-state index in [-0.39, 0.29) is 18.3 Å². The number of urea groups is 1.